The summed E-state index contributed by atoms with van der Waals surface area (Å²) in [4.78, 5) is 15.7. The Morgan fingerprint density at radius 3 is 2.62 bits per heavy atom. The van der Waals surface area contributed by atoms with Crippen molar-refractivity contribution in [1.82, 2.24) is 10.2 Å². The van der Waals surface area contributed by atoms with Gasteiger partial charge in [0.25, 0.3) is 0 Å². The summed E-state index contributed by atoms with van der Waals surface area (Å²) in [7, 11) is 0. The smallest absolute Gasteiger partial charge is 0.233 e. The fraction of sp³-hybridized carbons (Fsp3) is 0.588. The number of amides is 1. The van der Waals surface area contributed by atoms with Crippen LogP contribution in [0.25, 0.3) is 0 Å². The third kappa shape index (κ3) is 5.71. The molecule has 1 heterocycles. The maximum Gasteiger partial charge on any atom is 0.233 e. The number of thioether (sulfide) groups is 1. The molecule has 21 heavy (non-hydrogen) atoms. The lowest BCUT2D eigenvalue weighted by molar-refractivity contribution is -0.120. The van der Waals surface area contributed by atoms with Crippen molar-refractivity contribution in [2.24, 2.45) is 0 Å². The van der Waals surface area contributed by atoms with Gasteiger partial charge in [0.1, 0.15) is 0 Å². The van der Waals surface area contributed by atoms with E-state index < -0.39 is 0 Å². The number of hydrogen-bond acceptors (Lipinski definition) is 3. The molecule has 1 aromatic rings. The predicted octanol–water partition coefficient (Wildman–Crippen LogP) is 3.08. The monoisotopic (exact) mass is 306 g/mol. The average molecular weight is 306 g/mol. The Hall–Kier alpha value is -1.00. The SMILES string of the molecule is Cc1ccc(S[C@H](C)C(=O)NCCCN2CCCC2)cc1. The molecule has 0 bridgehead atoms. The van der Waals surface area contributed by atoms with E-state index in [0.29, 0.717) is 0 Å². The highest BCUT2D eigenvalue weighted by Gasteiger charge is 2.14. The van der Waals surface area contributed by atoms with E-state index in [2.05, 4.69) is 41.4 Å². The molecular formula is C17H26N2OS. The number of nitrogens with one attached hydrogen (secondary N) is 1. The molecular weight excluding hydrogens is 280 g/mol. The first kappa shape index (κ1) is 16.4. The van der Waals surface area contributed by atoms with Crippen LogP contribution in [-0.2, 0) is 4.79 Å². The maximum absolute atomic E-state index is 12.1. The van der Waals surface area contributed by atoms with Gasteiger partial charge in [-0.05, 0) is 64.9 Å². The summed E-state index contributed by atoms with van der Waals surface area (Å²) >= 11 is 1.62. The average Bonchev–Trinajstić information content (AvgIpc) is 2.99. The van der Waals surface area contributed by atoms with Gasteiger partial charge >= 0.3 is 0 Å². The number of hydrogen-bond donors (Lipinski definition) is 1. The Kier molecular flexibility index (Phi) is 6.58. The molecule has 1 saturated heterocycles. The van der Waals surface area contributed by atoms with Crippen LogP contribution in [0, 0.1) is 6.92 Å². The van der Waals surface area contributed by atoms with Crippen LogP contribution in [0.1, 0.15) is 31.7 Å². The molecule has 0 aromatic heterocycles. The van der Waals surface area contributed by atoms with Crippen LogP contribution in [0.15, 0.2) is 29.2 Å². The molecule has 1 N–H and O–H groups in total. The van der Waals surface area contributed by atoms with Gasteiger partial charge in [-0.15, -0.1) is 11.8 Å². The van der Waals surface area contributed by atoms with Gasteiger partial charge in [0.15, 0.2) is 0 Å². The van der Waals surface area contributed by atoms with Crippen molar-refractivity contribution in [3.63, 3.8) is 0 Å². The quantitative estimate of drug-likeness (QED) is 0.621. The Labute approximate surface area is 132 Å². The molecule has 1 aromatic carbocycles. The van der Waals surface area contributed by atoms with Crippen molar-refractivity contribution >= 4 is 17.7 Å². The third-order valence-corrected chi connectivity index (χ3v) is 4.96. The molecule has 0 radical (unpaired) electrons. The third-order valence-electron chi connectivity index (χ3n) is 3.85. The van der Waals surface area contributed by atoms with Crippen molar-refractivity contribution in [2.45, 2.75) is 43.3 Å². The van der Waals surface area contributed by atoms with E-state index in [1.807, 2.05) is 6.92 Å². The van der Waals surface area contributed by atoms with Crippen LogP contribution < -0.4 is 5.32 Å². The number of likely N-dealkylation sites (tertiary alicyclic amines) is 1. The van der Waals surface area contributed by atoms with E-state index >= 15 is 0 Å². The summed E-state index contributed by atoms with van der Waals surface area (Å²) in [6, 6.07) is 8.33. The summed E-state index contributed by atoms with van der Waals surface area (Å²) < 4.78 is 0. The normalized spacial score (nSPS) is 16.9. The molecule has 3 nitrogen and oxygen atoms in total. The van der Waals surface area contributed by atoms with Gasteiger partial charge < -0.3 is 10.2 Å². The second kappa shape index (κ2) is 8.44. The molecule has 1 aliphatic rings. The van der Waals surface area contributed by atoms with Crippen LogP contribution in [-0.4, -0.2) is 42.2 Å². The number of carbonyl (C=O) groups is 1. The van der Waals surface area contributed by atoms with Gasteiger partial charge in [-0.25, -0.2) is 0 Å². The Morgan fingerprint density at radius 2 is 1.95 bits per heavy atom. The number of rotatable bonds is 7. The summed E-state index contributed by atoms with van der Waals surface area (Å²) in [5.74, 6) is 0.141. The van der Waals surface area contributed by atoms with Crippen molar-refractivity contribution < 1.29 is 4.79 Å². The Balaban J connectivity index is 1.63. The van der Waals surface area contributed by atoms with Crippen molar-refractivity contribution in [3.8, 4) is 0 Å². The Bertz CT molecular complexity index is 441. The lowest BCUT2D eigenvalue weighted by atomic mass is 10.2. The number of benzene rings is 1. The number of nitrogens with zero attached hydrogens (tertiary/aromatic N) is 1. The molecule has 116 valence electrons. The standard InChI is InChI=1S/C17H26N2OS/c1-14-6-8-16(9-7-14)21-15(2)17(20)18-10-5-13-19-11-3-4-12-19/h6-9,15H,3-5,10-13H2,1-2H3,(H,18,20)/t15-/m1/s1. The second-order valence-corrected chi connectivity index (χ2v) is 7.18. The molecule has 0 saturated carbocycles. The van der Waals surface area contributed by atoms with E-state index in [1.165, 1.54) is 31.5 Å². The molecule has 1 atom stereocenters. The summed E-state index contributed by atoms with van der Waals surface area (Å²) in [5, 5.41) is 3.01. The van der Waals surface area contributed by atoms with Crippen LogP contribution in [0.3, 0.4) is 0 Å². The van der Waals surface area contributed by atoms with Gasteiger partial charge in [-0.2, -0.15) is 0 Å². The summed E-state index contributed by atoms with van der Waals surface area (Å²) in [6.07, 6.45) is 3.71. The zero-order valence-corrected chi connectivity index (χ0v) is 13.9. The van der Waals surface area contributed by atoms with E-state index in [1.54, 1.807) is 11.8 Å². The van der Waals surface area contributed by atoms with Gasteiger partial charge in [0.2, 0.25) is 5.91 Å². The highest BCUT2D eigenvalue weighted by atomic mass is 32.2. The molecule has 1 aliphatic heterocycles. The molecule has 1 fully saturated rings. The molecule has 4 heteroatoms. The summed E-state index contributed by atoms with van der Waals surface area (Å²) in [6.45, 7) is 8.40. The highest BCUT2D eigenvalue weighted by Crippen LogP contribution is 2.23. The first-order valence-electron chi connectivity index (χ1n) is 7.88. The van der Waals surface area contributed by atoms with Gasteiger partial charge in [-0.3, -0.25) is 4.79 Å². The van der Waals surface area contributed by atoms with Crippen LogP contribution >= 0.6 is 11.8 Å². The minimum Gasteiger partial charge on any atom is -0.355 e. The van der Waals surface area contributed by atoms with Crippen LogP contribution in [0.4, 0.5) is 0 Å². The lowest BCUT2D eigenvalue weighted by Crippen LogP contribution is -2.33. The van der Waals surface area contributed by atoms with Crippen molar-refractivity contribution in [2.75, 3.05) is 26.2 Å². The maximum atomic E-state index is 12.1. The topological polar surface area (TPSA) is 32.3 Å². The largest absolute Gasteiger partial charge is 0.355 e. The van der Waals surface area contributed by atoms with Crippen LogP contribution in [0.5, 0.6) is 0 Å². The number of carbonyl (C=O) groups excluding carboxylic acids is 1. The number of aryl methyl sites for hydroxylation is 1. The summed E-state index contributed by atoms with van der Waals surface area (Å²) in [5.41, 5.74) is 1.25. The van der Waals surface area contributed by atoms with Gasteiger partial charge in [-0.1, -0.05) is 17.7 Å². The first-order valence-corrected chi connectivity index (χ1v) is 8.76. The minimum atomic E-state index is -0.0421. The van der Waals surface area contributed by atoms with Crippen molar-refractivity contribution in [3.05, 3.63) is 29.8 Å². The molecule has 0 spiro atoms. The highest BCUT2D eigenvalue weighted by molar-refractivity contribution is 8.00. The molecule has 0 unspecified atom stereocenters. The Morgan fingerprint density at radius 1 is 1.29 bits per heavy atom. The first-order chi connectivity index (χ1) is 10.1. The zero-order chi connectivity index (χ0) is 15.1. The molecule has 2 rings (SSSR count). The molecule has 0 aliphatic carbocycles. The van der Waals surface area contributed by atoms with Gasteiger partial charge in [0, 0.05) is 11.4 Å². The van der Waals surface area contributed by atoms with Gasteiger partial charge in [0.05, 0.1) is 5.25 Å². The van der Waals surface area contributed by atoms with E-state index in [-0.39, 0.29) is 11.2 Å². The molecule has 1 amide bonds. The van der Waals surface area contributed by atoms with Crippen LogP contribution in [0.2, 0.25) is 0 Å². The zero-order valence-electron chi connectivity index (χ0n) is 13.1. The lowest BCUT2D eigenvalue weighted by Gasteiger charge is -2.15. The fourth-order valence-electron chi connectivity index (χ4n) is 2.54. The second-order valence-electron chi connectivity index (χ2n) is 5.77. The fourth-order valence-corrected chi connectivity index (χ4v) is 3.43. The predicted molar refractivity (Wildman–Crippen MR) is 89.8 cm³/mol. The van der Waals surface area contributed by atoms with Crippen molar-refractivity contribution in [1.29, 1.82) is 0 Å². The van der Waals surface area contributed by atoms with E-state index in [0.717, 1.165) is 24.4 Å². The minimum absolute atomic E-state index is 0.0421. The van der Waals surface area contributed by atoms with E-state index in [4.69, 9.17) is 0 Å². The van der Waals surface area contributed by atoms with E-state index in [9.17, 15) is 4.79 Å².